The Morgan fingerprint density at radius 2 is 2.15 bits per heavy atom. The summed E-state index contributed by atoms with van der Waals surface area (Å²) in [6.45, 7) is 6.64. The predicted octanol–water partition coefficient (Wildman–Crippen LogP) is 2.42. The van der Waals surface area contributed by atoms with Crippen molar-refractivity contribution in [1.82, 2.24) is 5.32 Å². The first kappa shape index (κ1) is 16.9. The Kier molecular flexibility index (Phi) is 6.36. The zero-order chi connectivity index (χ0) is 15.2. The third kappa shape index (κ3) is 4.42. The molecule has 20 heavy (non-hydrogen) atoms. The second-order valence-corrected chi connectivity index (χ2v) is 6.49. The molecule has 0 fully saturated rings. The van der Waals surface area contributed by atoms with Gasteiger partial charge in [0.15, 0.2) is 0 Å². The Labute approximate surface area is 125 Å². The van der Waals surface area contributed by atoms with Crippen molar-refractivity contribution in [2.75, 3.05) is 13.7 Å². The predicted molar refractivity (Wildman–Crippen MR) is 84.2 cm³/mol. The van der Waals surface area contributed by atoms with E-state index in [0.29, 0.717) is 13.0 Å². The second kappa shape index (κ2) is 7.55. The summed E-state index contributed by atoms with van der Waals surface area (Å²) >= 11 is 1.69. The molecule has 0 radical (unpaired) electrons. The normalized spacial score (nSPS) is 15.4. The van der Waals surface area contributed by atoms with Gasteiger partial charge in [-0.05, 0) is 32.0 Å². The summed E-state index contributed by atoms with van der Waals surface area (Å²) in [5.74, 6) is 0.542. The first-order chi connectivity index (χ1) is 9.42. The first-order valence-electron chi connectivity index (χ1n) is 6.77. The lowest BCUT2D eigenvalue weighted by molar-refractivity contribution is -0.124. The molecule has 0 heterocycles. The van der Waals surface area contributed by atoms with Crippen molar-refractivity contribution in [3.63, 3.8) is 0 Å². The summed E-state index contributed by atoms with van der Waals surface area (Å²) in [5.41, 5.74) is 4.84. The van der Waals surface area contributed by atoms with Crippen molar-refractivity contribution in [3.8, 4) is 5.75 Å². The van der Waals surface area contributed by atoms with Crippen molar-refractivity contribution in [3.05, 3.63) is 24.3 Å². The smallest absolute Gasteiger partial charge is 0.237 e. The molecule has 0 aromatic heterocycles. The van der Waals surface area contributed by atoms with Gasteiger partial charge in [0.25, 0.3) is 0 Å². The highest BCUT2D eigenvalue weighted by Crippen LogP contribution is 2.34. The van der Waals surface area contributed by atoms with Crippen molar-refractivity contribution in [2.45, 2.75) is 42.9 Å². The molecule has 0 bridgehead atoms. The van der Waals surface area contributed by atoms with Crippen molar-refractivity contribution in [1.29, 1.82) is 0 Å². The summed E-state index contributed by atoms with van der Waals surface area (Å²) in [6.07, 6.45) is 0.666. The van der Waals surface area contributed by atoms with E-state index in [0.717, 1.165) is 10.6 Å². The molecule has 0 saturated carbocycles. The van der Waals surface area contributed by atoms with Crippen LogP contribution in [0.5, 0.6) is 5.75 Å². The monoisotopic (exact) mass is 296 g/mol. The number of hydrogen-bond acceptors (Lipinski definition) is 4. The third-order valence-electron chi connectivity index (χ3n) is 3.20. The fourth-order valence-electron chi connectivity index (χ4n) is 2.20. The number of para-hydroxylation sites is 1. The lowest BCUT2D eigenvalue weighted by Crippen LogP contribution is -2.54. The van der Waals surface area contributed by atoms with E-state index in [1.54, 1.807) is 18.9 Å². The van der Waals surface area contributed by atoms with E-state index in [1.807, 2.05) is 38.1 Å². The van der Waals surface area contributed by atoms with Gasteiger partial charge in [-0.3, -0.25) is 4.79 Å². The molecule has 0 saturated heterocycles. The Morgan fingerprint density at radius 3 is 2.70 bits per heavy atom. The zero-order valence-corrected chi connectivity index (χ0v) is 13.4. The van der Waals surface area contributed by atoms with E-state index in [2.05, 4.69) is 12.2 Å². The molecule has 5 heteroatoms. The summed E-state index contributed by atoms with van der Waals surface area (Å²) in [7, 11) is 1.66. The number of thioether (sulfide) groups is 1. The van der Waals surface area contributed by atoms with Gasteiger partial charge in [0.05, 0.1) is 12.6 Å². The van der Waals surface area contributed by atoms with Gasteiger partial charge in [-0.15, -0.1) is 11.8 Å². The lowest BCUT2D eigenvalue weighted by atomic mass is 9.95. The number of likely N-dealkylation sites (N-methyl/N-ethyl adjacent to an activating group) is 1. The van der Waals surface area contributed by atoms with Crippen LogP contribution in [0.4, 0.5) is 0 Å². The number of benzene rings is 1. The minimum atomic E-state index is -0.677. The van der Waals surface area contributed by atoms with Crippen molar-refractivity contribution in [2.24, 2.45) is 5.73 Å². The molecule has 0 spiro atoms. The van der Waals surface area contributed by atoms with E-state index in [1.165, 1.54) is 0 Å². The number of amides is 1. The molecule has 2 unspecified atom stereocenters. The van der Waals surface area contributed by atoms with Gasteiger partial charge in [0.1, 0.15) is 5.75 Å². The van der Waals surface area contributed by atoms with Gasteiger partial charge < -0.3 is 15.8 Å². The van der Waals surface area contributed by atoms with Crippen LogP contribution in [0, 0.1) is 0 Å². The molecule has 112 valence electrons. The molecule has 2 atom stereocenters. The standard InChI is InChI=1S/C15H24N2O2S/c1-5-17-15(3,14(16)18)10-11(2)20-13-9-7-6-8-12(13)19-4/h6-9,11,17H,5,10H2,1-4H3,(H2,16,18). The molecule has 3 N–H and O–H groups in total. The average molecular weight is 296 g/mol. The number of methoxy groups -OCH3 is 1. The number of primary amides is 1. The molecule has 0 aliphatic rings. The highest BCUT2D eigenvalue weighted by Gasteiger charge is 2.32. The van der Waals surface area contributed by atoms with Gasteiger partial charge in [-0.25, -0.2) is 0 Å². The van der Waals surface area contributed by atoms with Gasteiger partial charge in [-0.1, -0.05) is 26.0 Å². The van der Waals surface area contributed by atoms with E-state index < -0.39 is 5.54 Å². The van der Waals surface area contributed by atoms with Crippen LogP contribution in [-0.4, -0.2) is 30.4 Å². The molecule has 1 amide bonds. The molecule has 4 nitrogen and oxygen atoms in total. The minimum Gasteiger partial charge on any atom is -0.496 e. The zero-order valence-electron chi connectivity index (χ0n) is 12.6. The molecule has 0 aliphatic heterocycles. The molecule has 0 aliphatic carbocycles. The Balaban J connectivity index is 2.75. The summed E-state index contributed by atoms with van der Waals surface area (Å²) in [5, 5.41) is 3.42. The number of carbonyl (C=O) groups is 1. The van der Waals surface area contributed by atoms with Gasteiger partial charge in [0.2, 0.25) is 5.91 Å². The number of rotatable bonds is 8. The quantitative estimate of drug-likeness (QED) is 0.723. The van der Waals surface area contributed by atoms with Crippen LogP contribution in [0.1, 0.15) is 27.2 Å². The van der Waals surface area contributed by atoms with Gasteiger partial charge in [0, 0.05) is 10.1 Å². The largest absolute Gasteiger partial charge is 0.496 e. The van der Waals surface area contributed by atoms with Gasteiger partial charge >= 0.3 is 0 Å². The van der Waals surface area contributed by atoms with Gasteiger partial charge in [-0.2, -0.15) is 0 Å². The molecular formula is C15H24N2O2S. The number of carbonyl (C=O) groups excluding carboxylic acids is 1. The second-order valence-electron chi connectivity index (χ2n) is 5.01. The van der Waals surface area contributed by atoms with Crippen molar-refractivity contribution < 1.29 is 9.53 Å². The Morgan fingerprint density at radius 1 is 1.50 bits per heavy atom. The minimum absolute atomic E-state index is 0.239. The topological polar surface area (TPSA) is 64.3 Å². The van der Waals surface area contributed by atoms with E-state index in [-0.39, 0.29) is 11.2 Å². The summed E-state index contributed by atoms with van der Waals surface area (Å²) < 4.78 is 5.34. The van der Waals surface area contributed by atoms with Crippen molar-refractivity contribution >= 4 is 17.7 Å². The first-order valence-corrected chi connectivity index (χ1v) is 7.65. The van der Waals surface area contributed by atoms with Crippen LogP contribution in [0.2, 0.25) is 0 Å². The van der Waals surface area contributed by atoms with E-state index in [4.69, 9.17) is 10.5 Å². The fraction of sp³-hybridized carbons (Fsp3) is 0.533. The Bertz CT molecular complexity index is 453. The molecule has 1 rings (SSSR count). The number of nitrogens with two attached hydrogens (primary N) is 1. The van der Waals surface area contributed by atoms with Crippen LogP contribution < -0.4 is 15.8 Å². The lowest BCUT2D eigenvalue weighted by Gasteiger charge is -2.29. The molecular weight excluding hydrogens is 272 g/mol. The number of nitrogens with one attached hydrogen (secondary N) is 1. The third-order valence-corrected chi connectivity index (χ3v) is 4.36. The van der Waals surface area contributed by atoms with E-state index >= 15 is 0 Å². The maximum atomic E-state index is 11.6. The van der Waals surface area contributed by atoms with Crippen LogP contribution in [0.3, 0.4) is 0 Å². The fourth-order valence-corrected chi connectivity index (χ4v) is 3.47. The van der Waals surface area contributed by atoms with Crippen LogP contribution in [0.15, 0.2) is 29.2 Å². The maximum Gasteiger partial charge on any atom is 0.237 e. The molecule has 1 aromatic carbocycles. The average Bonchev–Trinajstić information content (AvgIpc) is 2.39. The number of ether oxygens (including phenoxy) is 1. The van der Waals surface area contributed by atoms with Crippen LogP contribution in [-0.2, 0) is 4.79 Å². The van der Waals surface area contributed by atoms with Crippen LogP contribution >= 0.6 is 11.8 Å². The molecule has 1 aromatic rings. The summed E-state index contributed by atoms with van der Waals surface area (Å²) in [4.78, 5) is 12.7. The summed E-state index contributed by atoms with van der Waals surface area (Å²) in [6, 6.07) is 7.89. The van der Waals surface area contributed by atoms with Crippen LogP contribution in [0.25, 0.3) is 0 Å². The number of hydrogen-bond donors (Lipinski definition) is 2. The highest BCUT2D eigenvalue weighted by molar-refractivity contribution is 8.00. The highest BCUT2D eigenvalue weighted by atomic mass is 32.2. The maximum absolute atomic E-state index is 11.6. The Hall–Kier alpha value is -1.20. The van der Waals surface area contributed by atoms with E-state index in [9.17, 15) is 4.79 Å². The SMILES string of the molecule is CCNC(C)(CC(C)Sc1ccccc1OC)C(N)=O.